The first-order valence-corrected chi connectivity index (χ1v) is 9.77. The smallest absolute Gasteiger partial charge is 0.320 e. The van der Waals surface area contributed by atoms with E-state index in [-0.39, 0.29) is 52.5 Å². The number of amides is 1. The Morgan fingerprint density at radius 1 is 0.710 bits per heavy atom. The molecule has 0 aliphatic heterocycles. The molecule has 0 aliphatic rings. The second kappa shape index (κ2) is 14.7. The Labute approximate surface area is 183 Å². The van der Waals surface area contributed by atoms with Crippen molar-refractivity contribution in [3.8, 4) is 0 Å². The van der Waals surface area contributed by atoms with Gasteiger partial charge in [0, 0.05) is 6.54 Å². The van der Waals surface area contributed by atoms with Crippen molar-refractivity contribution in [1.29, 1.82) is 0 Å². The van der Waals surface area contributed by atoms with Gasteiger partial charge in [-0.1, -0.05) is 0 Å². The fourth-order valence-electron chi connectivity index (χ4n) is 2.25. The van der Waals surface area contributed by atoms with Gasteiger partial charge in [-0.15, -0.1) is 0 Å². The standard InChI is InChI=1S/C19H37N5O7/c1-22(2)8-16(26)29-12-19(11-21-15(25)7-20,13-30-17(27)9-23(3)4)14-31-18(28)10-24(5)6/h7-14,20H2,1-6H3,(H,21,25). The number of rotatable bonds is 15. The van der Waals surface area contributed by atoms with E-state index in [0.29, 0.717) is 0 Å². The van der Waals surface area contributed by atoms with Crippen molar-refractivity contribution < 1.29 is 33.4 Å². The summed E-state index contributed by atoms with van der Waals surface area (Å²) >= 11 is 0. The highest BCUT2D eigenvalue weighted by Crippen LogP contribution is 2.20. The monoisotopic (exact) mass is 447 g/mol. The predicted octanol–water partition coefficient (Wildman–Crippen LogP) is -2.64. The molecule has 0 bridgehead atoms. The second-order valence-electron chi connectivity index (χ2n) is 8.18. The molecule has 180 valence electrons. The first-order chi connectivity index (χ1) is 14.4. The number of hydrogen-bond donors (Lipinski definition) is 2. The molecule has 0 atom stereocenters. The molecular formula is C19H37N5O7. The molecule has 0 saturated heterocycles. The largest absolute Gasteiger partial charge is 0.464 e. The zero-order valence-corrected chi connectivity index (χ0v) is 19.4. The summed E-state index contributed by atoms with van der Waals surface area (Å²) in [6.07, 6.45) is 0. The summed E-state index contributed by atoms with van der Waals surface area (Å²) in [7, 11) is 10.3. The molecule has 31 heavy (non-hydrogen) atoms. The van der Waals surface area contributed by atoms with Crippen LogP contribution in [0.25, 0.3) is 0 Å². The van der Waals surface area contributed by atoms with E-state index in [9.17, 15) is 19.2 Å². The molecule has 0 aromatic rings. The lowest BCUT2D eigenvalue weighted by Crippen LogP contribution is -2.50. The maximum atomic E-state index is 12.1. The Morgan fingerprint density at radius 3 is 1.29 bits per heavy atom. The van der Waals surface area contributed by atoms with Gasteiger partial charge in [-0.3, -0.25) is 33.9 Å². The van der Waals surface area contributed by atoms with Crippen molar-refractivity contribution in [1.82, 2.24) is 20.0 Å². The van der Waals surface area contributed by atoms with Gasteiger partial charge in [-0.25, -0.2) is 0 Å². The molecule has 0 saturated carbocycles. The fraction of sp³-hybridized carbons (Fsp3) is 0.789. The van der Waals surface area contributed by atoms with Crippen LogP contribution in [0.4, 0.5) is 0 Å². The minimum absolute atomic E-state index is 0.0338. The maximum absolute atomic E-state index is 12.1. The Kier molecular flexibility index (Phi) is 13.6. The molecule has 0 aliphatic carbocycles. The summed E-state index contributed by atoms with van der Waals surface area (Å²) in [5.41, 5.74) is 4.16. The lowest BCUT2D eigenvalue weighted by Gasteiger charge is -2.32. The summed E-state index contributed by atoms with van der Waals surface area (Å²) < 4.78 is 16.0. The quantitative estimate of drug-likeness (QED) is 0.201. The summed E-state index contributed by atoms with van der Waals surface area (Å²) in [5, 5.41) is 2.60. The van der Waals surface area contributed by atoms with Crippen LogP contribution in [0.5, 0.6) is 0 Å². The number of nitrogens with zero attached hydrogens (tertiary/aromatic N) is 3. The Bertz CT molecular complexity index is 532. The van der Waals surface area contributed by atoms with Crippen LogP contribution in [0, 0.1) is 5.41 Å². The van der Waals surface area contributed by atoms with Crippen LogP contribution in [0.2, 0.25) is 0 Å². The Balaban J connectivity index is 5.48. The molecule has 0 heterocycles. The van der Waals surface area contributed by atoms with Gasteiger partial charge in [0.2, 0.25) is 5.91 Å². The van der Waals surface area contributed by atoms with Crippen LogP contribution in [-0.4, -0.2) is 133 Å². The number of ether oxygens (including phenoxy) is 3. The van der Waals surface area contributed by atoms with Gasteiger partial charge in [0.15, 0.2) is 0 Å². The van der Waals surface area contributed by atoms with Gasteiger partial charge in [-0.2, -0.15) is 0 Å². The zero-order chi connectivity index (χ0) is 24.0. The number of nitrogens with two attached hydrogens (primary N) is 1. The van der Waals surface area contributed by atoms with E-state index in [1.165, 1.54) is 0 Å². The number of hydrogen-bond acceptors (Lipinski definition) is 11. The number of likely N-dealkylation sites (N-methyl/N-ethyl adjacent to an activating group) is 3. The average Bonchev–Trinajstić information content (AvgIpc) is 2.65. The van der Waals surface area contributed by atoms with E-state index in [1.807, 2.05) is 0 Å². The predicted molar refractivity (Wildman–Crippen MR) is 113 cm³/mol. The van der Waals surface area contributed by atoms with Crippen LogP contribution in [0.3, 0.4) is 0 Å². The number of nitrogens with one attached hydrogen (secondary N) is 1. The normalized spacial score (nSPS) is 11.5. The van der Waals surface area contributed by atoms with E-state index < -0.39 is 29.2 Å². The van der Waals surface area contributed by atoms with Crippen LogP contribution in [-0.2, 0) is 33.4 Å². The molecule has 0 unspecified atom stereocenters. The molecule has 12 heteroatoms. The van der Waals surface area contributed by atoms with Crippen molar-refractivity contribution in [3.63, 3.8) is 0 Å². The van der Waals surface area contributed by atoms with Gasteiger partial charge in [0.25, 0.3) is 0 Å². The highest BCUT2D eigenvalue weighted by molar-refractivity contribution is 5.77. The molecule has 1 amide bonds. The number of carbonyl (C=O) groups excluding carboxylic acids is 4. The van der Waals surface area contributed by atoms with Gasteiger partial charge in [0.1, 0.15) is 19.8 Å². The molecule has 0 rings (SSSR count). The fourth-order valence-corrected chi connectivity index (χ4v) is 2.25. The lowest BCUT2D eigenvalue weighted by atomic mass is 9.90. The van der Waals surface area contributed by atoms with Crippen molar-refractivity contribution >= 4 is 23.8 Å². The van der Waals surface area contributed by atoms with Gasteiger partial charge in [0.05, 0.1) is 31.6 Å². The third-order valence-electron chi connectivity index (χ3n) is 3.80. The average molecular weight is 448 g/mol. The first kappa shape index (κ1) is 28.7. The van der Waals surface area contributed by atoms with E-state index >= 15 is 0 Å². The van der Waals surface area contributed by atoms with Crippen LogP contribution < -0.4 is 11.1 Å². The molecule has 0 radical (unpaired) electrons. The van der Waals surface area contributed by atoms with E-state index in [0.717, 1.165) is 0 Å². The van der Waals surface area contributed by atoms with Crippen LogP contribution >= 0.6 is 0 Å². The second-order valence-corrected chi connectivity index (χ2v) is 8.18. The van der Waals surface area contributed by atoms with E-state index in [2.05, 4.69) is 5.32 Å². The summed E-state index contributed by atoms with van der Waals surface area (Å²) in [5.74, 6) is -2.00. The third-order valence-corrected chi connectivity index (χ3v) is 3.80. The zero-order valence-electron chi connectivity index (χ0n) is 19.4. The summed E-state index contributed by atoms with van der Waals surface area (Å²) in [6.45, 7) is -0.955. The van der Waals surface area contributed by atoms with Crippen LogP contribution in [0.15, 0.2) is 0 Å². The topological polar surface area (TPSA) is 144 Å². The Morgan fingerprint density at radius 2 is 1.03 bits per heavy atom. The number of carbonyl (C=O) groups is 4. The van der Waals surface area contributed by atoms with E-state index in [1.54, 1.807) is 57.0 Å². The first-order valence-electron chi connectivity index (χ1n) is 9.77. The number of esters is 3. The van der Waals surface area contributed by atoms with Gasteiger partial charge in [-0.05, 0) is 42.3 Å². The SMILES string of the molecule is CN(C)CC(=O)OCC(CNC(=O)CN)(COC(=O)CN(C)C)COC(=O)CN(C)C. The third kappa shape index (κ3) is 14.4. The van der Waals surface area contributed by atoms with Gasteiger partial charge < -0.3 is 25.3 Å². The molecular weight excluding hydrogens is 410 g/mol. The minimum atomic E-state index is -1.18. The molecule has 0 spiro atoms. The van der Waals surface area contributed by atoms with Gasteiger partial charge >= 0.3 is 17.9 Å². The highest BCUT2D eigenvalue weighted by Gasteiger charge is 2.36. The molecule has 0 fully saturated rings. The molecule has 12 nitrogen and oxygen atoms in total. The highest BCUT2D eigenvalue weighted by atomic mass is 16.6. The summed E-state index contributed by atoms with van der Waals surface area (Å²) in [4.78, 5) is 52.8. The van der Waals surface area contributed by atoms with Crippen molar-refractivity contribution in [2.45, 2.75) is 0 Å². The molecule has 0 aromatic heterocycles. The minimum Gasteiger partial charge on any atom is -0.464 e. The lowest BCUT2D eigenvalue weighted by molar-refractivity contribution is -0.162. The Hall–Kier alpha value is -2.28. The summed E-state index contributed by atoms with van der Waals surface area (Å²) in [6, 6.07) is 0. The van der Waals surface area contributed by atoms with Crippen molar-refractivity contribution in [2.24, 2.45) is 11.1 Å². The van der Waals surface area contributed by atoms with Crippen molar-refractivity contribution in [3.05, 3.63) is 0 Å². The maximum Gasteiger partial charge on any atom is 0.320 e. The molecule has 3 N–H and O–H groups in total. The molecule has 0 aromatic carbocycles. The van der Waals surface area contributed by atoms with Crippen LogP contribution in [0.1, 0.15) is 0 Å². The van der Waals surface area contributed by atoms with E-state index in [4.69, 9.17) is 19.9 Å². The van der Waals surface area contributed by atoms with Crippen molar-refractivity contribution in [2.75, 3.05) is 94.8 Å².